The van der Waals surface area contributed by atoms with Crippen molar-refractivity contribution < 1.29 is 22.7 Å². The number of nitrogens with one attached hydrogen (secondary N) is 1. The minimum Gasteiger partial charge on any atom is -0.481 e. The maximum Gasteiger partial charge on any atom is 0.416 e. The van der Waals surface area contributed by atoms with Crippen molar-refractivity contribution in [3.05, 3.63) is 59.7 Å². The van der Waals surface area contributed by atoms with E-state index in [1.54, 1.807) is 24.3 Å². The molecule has 1 amide bonds. The van der Waals surface area contributed by atoms with Gasteiger partial charge in [0.15, 0.2) is 6.10 Å². The molecule has 4 nitrogen and oxygen atoms in total. The average Bonchev–Trinajstić information content (AvgIpc) is 2.55. The summed E-state index contributed by atoms with van der Waals surface area (Å²) in [6, 6.07) is 12.3. The van der Waals surface area contributed by atoms with Crippen molar-refractivity contribution >= 4 is 11.6 Å². The SMILES string of the molecule is C[C@H](Oc1ccc(C#N)cc1)C(=O)Nc1ccc(C(F)(F)F)cc1. The number of anilines is 1. The Morgan fingerprint density at radius 3 is 2.21 bits per heavy atom. The van der Waals surface area contributed by atoms with Gasteiger partial charge >= 0.3 is 6.18 Å². The molecule has 0 bridgehead atoms. The van der Waals surface area contributed by atoms with Crippen molar-refractivity contribution in [1.82, 2.24) is 0 Å². The molecule has 1 N–H and O–H groups in total. The number of alkyl halides is 3. The first-order valence-corrected chi connectivity index (χ1v) is 6.94. The van der Waals surface area contributed by atoms with Gasteiger partial charge in [0, 0.05) is 5.69 Å². The van der Waals surface area contributed by atoms with E-state index in [1.165, 1.54) is 19.1 Å². The van der Waals surface area contributed by atoms with Crippen LogP contribution in [0.1, 0.15) is 18.1 Å². The predicted octanol–water partition coefficient (Wildman–Crippen LogP) is 3.98. The Bertz CT molecular complexity index is 747. The van der Waals surface area contributed by atoms with E-state index in [0.717, 1.165) is 12.1 Å². The number of nitriles is 1. The second-order valence-corrected chi connectivity index (χ2v) is 4.96. The van der Waals surface area contributed by atoms with E-state index in [2.05, 4.69) is 5.32 Å². The van der Waals surface area contributed by atoms with Gasteiger partial charge in [0.1, 0.15) is 5.75 Å². The van der Waals surface area contributed by atoms with E-state index in [-0.39, 0.29) is 5.69 Å². The molecule has 124 valence electrons. The monoisotopic (exact) mass is 334 g/mol. The first-order valence-electron chi connectivity index (χ1n) is 6.94. The maximum atomic E-state index is 12.5. The number of benzene rings is 2. The van der Waals surface area contributed by atoms with Crippen molar-refractivity contribution in [2.75, 3.05) is 5.32 Å². The van der Waals surface area contributed by atoms with Crippen LogP contribution in [0.25, 0.3) is 0 Å². The number of halogens is 3. The number of ether oxygens (including phenoxy) is 1. The minimum absolute atomic E-state index is 0.239. The van der Waals surface area contributed by atoms with E-state index >= 15 is 0 Å². The van der Waals surface area contributed by atoms with Crippen molar-refractivity contribution in [1.29, 1.82) is 5.26 Å². The van der Waals surface area contributed by atoms with Crippen LogP contribution in [0.3, 0.4) is 0 Å². The lowest BCUT2D eigenvalue weighted by atomic mass is 10.2. The Morgan fingerprint density at radius 1 is 1.12 bits per heavy atom. The summed E-state index contributed by atoms with van der Waals surface area (Å²) in [5.41, 5.74) is -0.0881. The molecule has 24 heavy (non-hydrogen) atoms. The number of carbonyl (C=O) groups is 1. The van der Waals surface area contributed by atoms with Crippen LogP contribution in [-0.4, -0.2) is 12.0 Å². The highest BCUT2D eigenvalue weighted by molar-refractivity contribution is 5.94. The average molecular weight is 334 g/mol. The zero-order valence-electron chi connectivity index (χ0n) is 12.6. The summed E-state index contributed by atoms with van der Waals surface area (Å²) in [5.74, 6) is -0.0943. The molecule has 0 aliphatic carbocycles. The van der Waals surface area contributed by atoms with Gasteiger partial charge in [-0.1, -0.05) is 0 Å². The van der Waals surface area contributed by atoms with E-state index < -0.39 is 23.8 Å². The smallest absolute Gasteiger partial charge is 0.416 e. The van der Waals surface area contributed by atoms with E-state index in [1.807, 2.05) is 6.07 Å². The van der Waals surface area contributed by atoms with Gasteiger partial charge in [0.05, 0.1) is 17.2 Å². The number of rotatable bonds is 4. The molecule has 0 radical (unpaired) electrons. The lowest BCUT2D eigenvalue weighted by Crippen LogP contribution is -2.30. The third-order valence-electron chi connectivity index (χ3n) is 3.15. The standard InChI is InChI=1S/C17H13F3N2O2/c1-11(24-15-8-2-12(10-21)3-9-15)16(23)22-14-6-4-13(5-7-14)17(18,19)20/h2-9,11H,1H3,(H,22,23)/t11-/m0/s1. The summed E-state index contributed by atoms with van der Waals surface area (Å²) < 4.78 is 42.9. The topological polar surface area (TPSA) is 62.1 Å². The Labute approximate surface area is 136 Å². The molecule has 0 heterocycles. The fourth-order valence-electron chi connectivity index (χ4n) is 1.85. The second kappa shape index (κ2) is 7.04. The first kappa shape index (κ1) is 17.3. The van der Waals surface area contributed by atoms with Crippen molar-refractivity contribution in [3.8, 4) is 11.8 Å². The predicted molar refractivity (Wildman–Crippen MR) is 81.3 cm³/mol. The van der Waals surface area contributed by atoms with Gasteiger partial charge in [-0.05, 0) is 55.5 Å². The quantitative estimate of drug-likeness (QED) is 0.920. The van der Waals surface area contributed by atoms with Crippen LogP contribution < -0.4 is 10.1 Å². The highest BCUT2D eigenvalue weighted by Gasteiger charge is 2.30. The highest BCUT2D eigenvalue weighted by Crippen LogP contribution is 2.29. The van der Waals surface area contributed by atoms with Crippen LogP contribution in [0, 0.1) is 11.3 Å². The van der Waals surface area contributed by atoms with Crippen LogP contribution in [-0.2, 0) is 11.0 Å². The molecule has 0 spiro atoms. The van der Waals surface area contributed by atoms with Gasteiger partial charge in [-0.3, -0.25) is 4.79 Å². The van der Waals surface area contributed by atoms with E-state index in [0.29, 0.717) is 11.3 Å². The van der Waals surface area contributed by atoms with Gasteiger partial charge in [0.25, 0.3) is 5.91 Å². The number of hydrogen-bond donors (Lipinski definition) is 1. The molecule has 0 aliphatic heterocycles. The molecule has 1 atom stereocenters. The summed E-state index contributed by atoms with van der Waals surface area (Å²) >= 11 is 0. The third-order valence-corrected chi connectivity index (χ3v) is 3.15. The summed E-state index contributed by atoms with van der Waals surface area (Å²) in [7, 11) is 0. The fourth-order valence-corrected chi connectivity index (χ4v) is 1.85. The number of carbonyl (C=O) groups excluding carboxylic acids is 1. The van der Waals surface area contributed by atoms with Crippen LogP contribution in [0.15, 0.2) is 48.5 Å². The highest BCUT2D eigenvalue weighted by atomic mass is 19.4. The fraction of sp³-hybridized carbons (Fsp3) is 0.176. The van der Waals surface area contributed by atoms with Gasteiger partial charge in [-0.25, -0.2) is 0 Å². The molecule has 2 rings (SSSR count). The molecule has 0 fully saturated rings. The molecule has 0 aliphatic rings. The van der Waals surface area contributed by atoms with Crippen LogP contribution >= 0.6 is 0 Å². The Hall–Kier alpha value is -3.01. The molecule has 2 aromatic carbocycles. The molecule has 0 aromatic heterocycles. The molecule has 2 aromatic rings. The van der Waals surface area contributed by atoms with Crippen LogP contribution in [0.2, 0.25) is 0 Å². The molecule has 7 heteroatoms. The first-order chi connectivity index (χ1) is 11.3. The van der Waals surface area contributed by atoms with Crippen LogP contribution in [0.4, 0.5) is 18.9 Å². The van der Waals surface area contributed by atoms with Crippen molar-refractivity contribution in [2.24, 2.45) is 0 Å². The molecule has 0 unspecified atom stereocenters. The molecule has 0 saturated carbocycles. The number of amides is 1. The Morgan fingerprint density at radius 2 is 1.71 bits per heavy atom. The summed E-state index contributed by atoms with van der Waals surface area (Å²) in [6.45, 7) is 1.51. The molecule has 0 saturated heterocycles. The maximum absolute atomic E-state index is 12.5. The molecular weight excluding hydrogens is 321 g/mol. The summed E-state index contributed by atoms with van der Waals surface area (Å²) in [6.07, 6.45) is -5.28. The van der Waals surface area contributed by atoms with E-state index in [9.17, 15) is 18.0 Å². The minimum atomic E-state index is -4.42. The number of hydrogen-bond acceptors (Lipinski definition) is 3. The number of nitrogens with zero attached hydrogens (tertiary/aromatic N) is 1. The summed E-state index contributed by atoms with van der Waals surface area (Å²) in [4.78, 5) is 12.0. The largest absolute Gasteiger partial charge is 0.481 e. The lowest BCUT2D eigenvalue weighted by Gasteiger charge is -2.15. The van der Waals surface area contributed by atoms with Gasteiger partial charge < -0.3 is 10.1 Å². The van der Waals surface area contributed by atoms with Gasteiger partial charge in [-0.2, -0.15) is 18.4 Å². The third kappa shape index (κ3) is 4.49. The van der Waals surface area contributed by atoms with Gasteiger partial charge in [-0.15, -0.1) is 0 Å². The second-order valence-electron chi connectivity index (χ2n) is 4.96. The Balaban J connectivity index is 1.97. The van der Waals surface area contributed by atoms with Crippen molar-refractivity contribution in [3.63, 3.8) is 0 Å². The van der Waals surface area contributed by atoms with E-state index in [4.69, 9.17) is 10.00 Å². The zero-order chi connectivity index (χ0) is 17.7. The van der Waals surface area contributed by atoms with Crippen LogP contribution in [0.5, 0.6) is 5.75 Å². The summed E-state index contributed by atoms with van der Waals surface area (Å²) in [5, 5.41) is 11.2. The van der Waals surface area contributed by atoms with Gasteiger partial charge in [0.2, 0.25) is 0 Å². The van der Waals surface area contributed by atoms with Crippen molar-refractivity contribution in [2.45, 2.75) is 19.2 Å². The molecular formula is C17H13F3N2O2. The normalized spacial score (nSPS) is 12.1. The lowest BCUT2D eigenvalue weighted by molar-refractivity contribution is -0.137. The Kier molecular flexibility index (Phi) is 5.09. The zero-order valence-corrected chi connectivity index (χ0v) is 12.6.